The number of hydrogen-bond acceptors (Lipinski definition) is 5. The minimum Gasteiger partial charge on any atom is -0.465 e. The van der Waals surface area contributed by atoms with Crippen LogP contribution in [0, 0.1) is 5.92 Å². The van der Waals surface area contributed by atoms with Crippen molar-refractivity contribution in [3.8, 4) is 0 Å². The maximum absolute atomic E-state index is 13.1. The molecule has 0 N–H and O–H groups in total. The lowest BCUT2D eigenvalue weighted by molar-refractivity contribution is -0.146. The molecule has 32 heavy (non-hydrogen) atoms. The number of nitrogens with zero attached hydrogens (tertiary/aromatic N) is 3. The monoisotopic (exact) mass is 449 g/mol. The topological polar surface area (TPSA) is 73.5 Å². The van der Waals surface area contributed by atoms with E-state index < -0.39 is 11.8 Å². The number of carbonyl (C=O) groups is 2. The summed E-state index contributed by atoms with van der Waals surface area (Å²) < 4.78 is 6.73. The highest BCUT2D eigenvalue weighted by Crippen LogP contribution is 2.45. The first-order valence-electron chi connectivity index (χ1n) is 10.7. The summed E-state index contributed by atoms with van der Waals surface area (Å²) in [7, 11) is 0. The Kier molecular flexibility index (Phi) is 6.51. The third kappa shape index (κ3) is 4.10. The molecule has 7 heteroatoms. The number of ether oxygens (including phenoxy) is 1. The van der Waals surface area contributed by atoms with Crippen molar-refractivity contribution in [1.82, 2.24) is 9.78 Å². The molecule has 0 amide bonds. The summed E-state index contributed by atoms with van der Waals surface area (Å²) in [5.41, 5.74) is 2.67. The van der Waals surface area contributed by atoms with E-state index in [1.54, 1.807) is 43.5 Å². The van der Waals surface area contributed by atoms with Crippen LogP contribution in [0.5, 0.6) is 0 Å². The number of hydrogen-bond donors (Lipinski definition) is 0. The van der Waals surface area contributed by atoms with Crippen LogP contribution in [0.25, 0.3) is 0 Å². The highest BCUT2D eigenvalue weighted by molar-refractivity contribution is 6.31. The van der Waals surface area contributed by atoms with Gasteiger partial charge < -0.3 is 4.74 Å². The van der Waals surface area contributed by atoms with E-state index in [9.17, 15) is 9.59 Å². The SMILES string of the molecule is CCCC1=Nc2nn(C(=O)c3ccccc3)cc2C(c2ccccc2Cl)C1C(=O)OCC. The standard InChI is InChI=1S/C25H24ClN3O3/c1-3-10-20-22(25(31)32-4-2)21(17-13-8-9-14-19(17)26)18-15-29(28-23(18)27-20)24(30)16-11-6-5-7-12-16/h5-9,11-15,21-22H,3-4,10H2,1-2H3. The Morgan fingerprint density at radius 3 is 2.44 bits per heavy atom. The Hall–Kier alpha value is -3.25. The molecule has 164 valence electrons. The molecule has 0 saturated heterocycles. The summed E-state index contributed by atoms with van der Waals surface area (Å²) in [5, 5.41) is 5.03. The fourth-order valence-corrected chi connectivity index (χ4v) is 4.38. The third-order valence-electron chi connectivity index (χ3n) is 5.51. The van der Waals surface area contributed by atoms with Gasteiger partial charge in [0.2, 0.25) is 0 Å². The predicted molar refractivity (Wildman–Crippen MR) is 124 cm³/mol. The molecule has 0 bridgehead atoms. The van der Waals surface area contributed by atoms with E-state index in [0.717, 1.165) is 12.0 Å². The molecule has 6 nitrogen and oxygen atoms in total. The smallest absolute Gasteiger partial charge is 0.315 e. The summed E-state index contributed by atoms with van der Waals surface area (Å²) in [6.07, 6.45) is 3.09. The molecule has 0 radical (unpaired) electrons. The minimum absolute atomic E-state index is 0.266. The molecule has 2 unspecified atom stereocenters. The van der Waals surface area contributed by atoms with Crippen molar-refractivity contribution in [2.24, 2.45) is 10.9 Å². The van der Waals surface area contributed by atoms with Crippen LogP contribution in [-0.4, -0.2) is 34.0 Å². The number of aliphatic imine (C=N–C) groups is 1. The van der Waals surface area contributed by atoms with E-state index in [2.05, 4.69) is 5.10 Å². The zero-order valence-corrected chi connectivity index (χ0v) is 18.7. The summed E-state index contributed by atoms with van der Waals surface area (Å²) in [6, 6.07) is 16.4. The van der Waals surface area contributed by atoms with E-state index in [4.69, 9.17) is 21.3 Å². The van der Waals surface area contributed by atoms with Crippen LogP contribution in [0.1, 0.15) is 54.1 Å². The Morgan fingerprint density at radius 1 is 1.03 bits per heavy atom. The quantitative estimate of drug-likeness (QED) is 0.471. The number of esters is 1. The second kappa shape index (κ2) is 9.49. The van der Waals surface area contributed by atoms with Gasteiger partial charge in [0, 0.05) is 34.0 Å². The molecule has 2 aromatic carbocycles. The van der Waals surface area contributed by atoms with Crippen molar-refractivity contribution in [2.75, 3.05) is 6.61 Å². The Bertz CT molecular complexity index is 1170. The van der Waals surface area contributed by atoms with Crippen LogP contribution in [0.2, 0.25) is 5.02 Å². The molecule has 2 heterocycles. The average molecular weight is 450 g/mol. The first-order valence-corrected chi connectivity index (χ1v) is 11.1. The zero-order valence-electron chi connectivity index (χ0n) is 18.0. The lowest BCUT2D eigenvalue weighted by Crippen LogP contribution is -2.34. The maximum atomic E-state index is 13.1. The van der Waals surface area contributed by atoms with Gasteiger partial charge in [-0.2, -0.15) is 0 Å². The average Bonchev–Trinajstić information content (AvgIpc) is 3.23. The van der Waals surface area contributed by atoms with Gasteiger partial charge >= 0.3 is 5.97 Å². The summed E-state index contributed by atoms with van der Waals surface area (Å²) in [4.78, 5) is 30.9. The molecule has 4 rings (SSSR count). The van der Waals surface area contributed by atoms with Crippen molar-refractivity contribution >= 4 is 35.0 Å². The van der Waals surface area contributed by atoms with Crippen LogP contribution in [0.4, 0.5) is 5.82 Å². The molecule has 1 aliphatic heterocycles. The number of fused-ring (bicyclic) bond motifs is 1. The van der Waals surface area contributed by atoms with Gasteiger partial charge in [0.25, 0.3) is 5.91 Å². The first-order chi connectivity index (χ1) is 15.5. The van der Waals surface area contributed by atoms with E-state index in [1.165, 1.54) is 4.68 Å². The number of halogens is 1. The van der Waals surface area contributed by atoms with Crippen LogP contribution in [0.15, 0.2) is 65.8 Å². The highest BCUT2D eigenvalue weighted by Gasteiger charge is 2.42. The molecule has 2 atom stereocenters. The second-order valence-corrected chi connectivity index (χ2v) is 8.01. The predicted octanol–water partition coefficient (Wildman–Crippen LogP) is 5.42. The van der Waals surface area contributed by atoms with Gasteiger partial charge in [0.1, 0.15) is 5.92 Å². The largest absolute Gasteiger partial charge is 0.465 e. The van der Waals surface area contributed by atoms with E-state index in [0.29, 0.717) is 34.1 Å². The fraction of sp³-hybridized carbons (Fsp3) is 0.280. The van der Waals surface area contributed by atoms with E-state index in [1.807, 2.05) is 31.2 Å². The summed E-state index contributed by atoms with van der Waals surface area (Å²) >= 11 is 6.58. The summed E-state index contributed by atoms with van der Waals surface area (Å²) in [6.45, 7) is 4.08. The molecular formula is C25H24ClN3O3. The number of rotatable bonds is 6. The van der Waals surface area contributed by atoms with Gasteiger partial charge in [-0.1, -0.05) is 61.3 Å². The Balaban J connectivity index is 1.88. The molecule has 0 spiro atoms. The van der Waals surface area contributed by atoms with Crippen molar-refractivity contribution in [2.45, 2.75) is 32.6 Å². The minimum atomic E-state index is -0.633. The van der Waals surface area contributed by atoms with Crippen molar-refractivity contribution in [1.29, 1.82) is 0 Å². The van der Waals surface area contributed by atoms with Gasteiger partial charge in [-0.3, -0.25) is 9.59 Å². The van der Waals surface area contributed by atoms with Gasteiger partial charge in [0.05, 0.1) is 6.61 Å². The maximum Gasteiger partial charge on any atom is 0.315 e. The molecule has 1 aliphatic rings. The zero-order chi connectivity index (χ0) is 22.7. The molecular weight excluding hydrogens is 426 g/mol. The molecule has 0 fully saturated rings. The van der Waals surface area contributed by atoms with Crippen molar-refractivity contribution < 1.29 is 14.3 Å². The molecule has 0 aliphatic carbocycles. The van der Waals surface area contributed by atoms with E-state index >= 15 is 0 Å². The second-order valence-electron chi connectivity index (χ2n) is 7.61. The summed E-state index contributed by atoms with van der Waals surface area (Å²) in [5.74, 6) is -1.26. The molecule has 1 aromatic heterocycles. The first kappa shape index (κ1) is 22.0. The van der Waals surface area contributed by atoms with Crippen LogP contribution >= 0.6 is 11.6 Å². The van der Waals surface area contributed by atoms with Crippen molar-refractivity contribution in [3.05, 3.63) is 82.5 Å². The normalized spacial score (nSPS) is 17.4. The van der Waals surface area contributed by atoms with Crippen molar-refractivity contribution in [3.63, 3.8) is 0 Å². The number of aromatic nitrogens is 2. The Labute approximate surface area is 191 Å². The number of carbonyl (C=O) groups excluding carboxylic acids is 2. The third-order valence-corrected chi connectivity index (χ3v) is 5.86. The number of benzene rings is 2. The van der Waals surface area contributed by atoms with Gasteiger partial charge in [0.15, 0.2) is 5.82 Å². The van der Waals surface area contributed by atoms with Gasteiger partial charge in [-0.15, -0.1) is 5.10 Å². The van der Waals surface area contributed by atoms with E-state index in [-0.39, 0.29) is 18.5 Å². The lowest BCUT2D eigenvalue weighted by Gasteiger charge is -2.30. The molecule has 3 aromatic rings. The van der Waals surface area contributed by atoms with Gasteiger partial charge in [-0.05, 0) is 37.1 Å². The van der Waals surface area contributed by atoms with Crippen LogP contribution in [-0.2, 0) is 9.53 Å². The van der Waals surface area contributed by atoms with Gasteiger partial charge in [-0.25, -0.2) is 9.67 Å². The fourth-order valence-electron chi connectivity index (χ4n) is 4.13. The van der Waals surface area contributed by atoms with Crippen LogP contribution < -0.4 is 0 Å². The highest BCUT2D eigenvalue weighted by atomic mass is 35.5. The Morgan fingerprint density at radius 2 is 1.75 bits per heavy atom. The van der Waals surface area contributed by atoms with Crippen LogP contribution in [0.3, 0.4) is 0 Å². The molecule has 0 saturated carbocycles. The lowest BCUT2D eigenvalue weighted by atomic mass is 9.76.